The number of benzene rings is 2. The minimum atomic E-state index is -0.0428. The molecule has 2 fully saturated rings. The van der Waals surface area contributed by atoms with E-state index in [1.165, 1.54) is 6.42 Å². The Kier molecular flexibility index (Phi) is 6.92. The van der Waals surface area contributed by atoms with Gasteiger partial charge in [-0.15, -0.1) is 0 Å². The molecule has 31 heavy (non-hydrogen) atoms. The van der Waals surface area contributed by atoms with Crippen LogP contribution in [0.3, 0.4) is 0 Å². The molecule has 2 aromatic carbocycles. The molecule has 0 spiro atoms. The van der Waals surface area contributed by atoms with Crippen molar-refractivity contribution in [2.75, 3.05) is 7.11 Å². The lowest BCUT2D eigenvalue weighted by molar-refractivity contribution is -0.124. The average Bonchev–Trinajstić information content (AvgIpc) is 3.06. The summed E-state index contributed by atoms with van der Waals surface area (Å²) in [5.74, 6) is 1.45. The van der Waals surface area contributed by atoms with Gasteiger partial charge in [-0.1, -0.05) is 37.5 Å². The number of hydrogen-bond donors (Lipinski definition) is 1. The fraction of sp³-hybridized carbons (Fsp3) is 0.333. The molecule has 2 aliphatic rings. The lowest BCUT2D eigenvalue weighted by Gasteiger charge is -2.29. The Balaban J connectivity index is 1.53. The second-order valence-corrected chi connectivity index (χ2v) is 8.99. The van der Waals surface area contributed by atoms with Gasteiger partial charge in [0.05, 0.1) is 11.6 Å². The third-order valence-corrected chi connectivity index (χ3v) is 6.64. The summed E-state index contributed by atoms with van der Waals surface area (Å²) in [6.45, 7) is 0.344. The maximum Gasteiger partial charge on any atom is 0.276 e. The third-order valence-electron chi connectivity index (χ3n) is 5.68. The number of thiocarbonyl (C=S) groups is 1. The first-order chi connectivity index (χ1) is 15.1. The zero-order valence-electron chi connectivity index (χ0n) is 17.4. The van der Waals surface area contributed by atoms with Crippen LogP contribution in [-0.2, 0) is 11.4 Å². The summed E-state index contributed by atoms with van der Waals surface area (Å²) in [5, 5.41) is 3.62. The van der Waals surface area contributed by atoms with Crippen molar-refractivity contribution in [1.29, 1.82) is 0 Å². The van der Waals surface area contributed by atoms with E-state index in [4.69, 9.17) is 21.7 Å². The number of nitrogens with one attached hydrogen (secondary N) is 1. The number of halogens is 1. The number of amides is 1. The van der Waals surface area contributed by atoms with Gasteiger partial charge in [-0.05, 0) is 76.9 Å². The second kappa shape index (κ2) is 9.83. The number of rotatable bonds is 6. The van der Waals surface area contributed by atoms with E-state index in [1.807, 2.05) is 48.5 Å². The van der Waals surface area contributed by atoms with Crippen molar-refractivity contribution in [2.24, 2.45) is 0 Å². The van der Waals surface area contributed by atoms with Gasteiger partial charge in [-0.2, -0.15) is 0 Å². The van der Waals surface area contributed by atoms with Gasteiger partial charge >= 0.3 is 0 Å². The minimum absolute atomic E-state index is 0.0428. The molecule has 1 saturated carbocycles. The van der Waals surface area contributed by atoms with E-state index in [-0.39, 0.29) is 11.9 Å². The highest BCUT2D eigenvalue weighted by Crippen LogP contribution is 2.29. The predicted molar refractivity (Wildman–Crippen MR) is 129 cm³/mol. The first-order valence-corrected chi connectivity index (χ1v) is 11.7. The molecule has 4 rings (SSSR count). The maximum absolute atomic E-state index is 13.0. The van der Waals surface area contributed by atoms with Crippen molar-refractivity contribution in [3.8, 4) is 11.5 Å². The Morgan fingerprint density at radius 3 is 2.68 bits per heavy atom. The van der Waals surface area contributed by atoms with Crippen LogP contribution >= 0.6 is 28.1 Å². The van der Waals surface area contributed by atoms with Crippen molar-refractivity contribution in [3.05, 3.63) is 63.8 Å². The fourth-order valence-corrected chi connectivity index (χ4v) is 4.85. The van der Waals surface area contributed by atoms with Crippen molar-refractivity contribution < 1.29 is 14.3 Å². The molecule has 0 bridgehead atoms. The molecule has 1 saturated heterocycles. The Hall–Kier alpha value is -2.38. The molecule has 1 heterocycles. The highest BCUT2D eigenvalue weighted by molar-refractivity contribution is 9.10. The van der Waals surface area contributed by atoms with E-state index in [0.29, 0.717) is 17.4 Å². The van der Waals surface area contributed by atoms with Crippen LogP contribution in [0.1, 0.15) is 43.2 Å². The summed E-state index contributed by atoms with van der Waals surface area (Å²) in [5.41, 5.74) is 2.29. The van der Waals surface area contributed by atoms with Gasteiger partial charge in [-0.3, -0.25) is 9.69 Å². The summed E-state index contributed by atoms with van der Waals surface area (Å²) >= 11 is 8.97. The summed E-state index contributed by atoms with van der Waals surface area (Å²) in [6.07, 6.45) is 7.40. The summed E-state index contributed by atoms with van der Waals surface area (Å²) in [7, 11) is 1.64. The Morgan fingerprint density at radius 1 is 1.16 bits per heavy atom. The van der Waals surface area contributed by atoms with E-state index in [0.717, 1.165) is 52.8 Å². The predicted octanol–water partition coefficient (Wildman–Crippen LogP) is 5.43. The largest absolute Gasteiger partial charge is 0.496 e. The highest BCUT2D eigenvalue weighted by atomic mass is 79.9. The lowest BCUT2D eigenvalue weighted by Crippen LogP contribution is -2.41. The average molecular weight is 501 g/mol. The normalized spacial score (nSPS) is 18.4. The Morgan fingerprint density at radius 2 is 1.94 bits per heavy atom. The van der Waals surface area contributed by atoms with Crippen LogP contribution < -0.4 is 14.8 Å². The molecule has 1 aliphatic heterocycles. The molecule has 0 aromatic heterocycles. The van der Waals surface area contributed by atoms with Crippen LogP contribution in [0.2, 0.25) is 0 Å². The molecule has 0 atom stereocenters. The van der Waals surface area contributed by atoms with E-state index in [1.54, 1.807) is 12.0 Å². The standard InChI is InChI=1S/C24H25BrN2O3S/c1-29-21-12-11-16(13-17(21)15-30-22-10-6-5-9-19(22)25)14-20-23(28)27(24(31)26-20)18-7-3-2-4-8-18/h5-6,9-14,18H,2-4,7-8,15H2,1H3,(H,26,31)/b20-14+. The SMILES string of the molecule is COc1ccc(/C=C2/NC(=S)N(C3CCCCC3)C2=O)cc1COc1ccccc1Br. The number of nitrogens with zero attached hydrogens (tertiary/aromatic N) is 1. The molecular weight excluding hydrogens is 476 g/mol. The van der Waals surface area contributed by atoms with Crippen molar-refractivity contribution in [3.63, 3.8) is 0 Å². The molecule has 0 radical (unpaired) electrons. The van der Waals surface area contributed by atoms with Gasteiger partial charge in [0.2, 0.25) is 0 Å². The second-order valence-electron chi connectivity index (χ2n) is 7.75. The van der Waals surface area contributed by atoms with E-state index < -0.39 is 0 Å². The Bertz CT molecular complexity index is 1020. The molecule has 162 valence electrons. The van der Waals surface area contributed by atoms with Gasteiger partial charge < -0.3 is 14.8 Å². The van der Waals surface area contributed by atoms with Gasteiger partial charge in [0.1, 0.15) is 23.8 Å². The maximum atomic E-state index is 13.0. The number of ether oxygens (including phenoxy) is 2. The number of carbonyl (C=O) groups excluding carboxylic acids is 1. The first kappa shape index (κ1) is 21.8. The van der Waals surface area contributed by atoms with Gasteiger partial charge in [-0.25, -0.2) is 0 Å². The molecule has 7 heteroatoms. The van der Waals surface area contributed by atoms with Crippen LogP contribution in [0.4, 0.5) is 0 Å². The van der Waals surface area contributed by atoms with Crippen LogP contribution in [0, 0.1) is 0 Å². The van der Waals surface area contributed by atoms with E-state index >= 15 is 0 Å². The molecule has 0 unspecified atom stereocenters. The van der Waals surface area contributed by atoms with Gasteiger partial charge in [0.25, 0.3) is 5.91 Å². The van der Waals surface area contributed by atoms with Crippen LogP contribution in [0.25, 0.3) is 6.08 Å². The van der Waals surface area contributed by atoms with Crippen LogP contribution in [-0.4, -0.2) is 29.1 Å². The van der Waals surface area contributed by atoms with Crippen molar-refractivity contribution in [1.82, 2.24) is 10.2 Å². The molecule has 2 aromatic rings. The first-order valence-electron chi connectivity index (χ1n) is 10.5. The molecular formula is C24H25BrN2O3S. The zero-order valence-corrected chi connectivity index (χ0v) is 19.8. The highest BCUT2D eigenvalue weighted by Gasteiger charge is 2.36. The topological polar surface area (TPSA) is 50.8 Å². The number of para-hydroxylation sites is 1. The quantitative estimate of drug-likeness (QED) is 0.423. The number of hydrogen-bond acceptors (Lipinski definition) is 4. The summed E-state index contributed by atoms with van der Waals surface area (Å²) < 4.78 is 12.4. The molecule has 1 amide bonds. The van der Waals surface area contributed by atoms with Crippen LogP contribution in [0.5, 0.6) is 11.5 Å². The fourth-order valence-electron chi connectivity index (χ4n) is 4.10. The number of methoxy groups -OCH3 is 1. The van der Waals surface area contributed by atoms with Gasteiger partial charge in [0.15, 0.2) is 5.11 Å². The summed E-state index contributed by atoms with van der Waals surface area (Å²) in [6, 6.07) is 13.7. The van der Waals surface area contributed by atoms with Crippen molar-refractivity contribution >= 4 is 45.2 Å². The molecule has 5 nitrogen and oxygen atoms in total. The van der Waals surface area contributed by atoms with Crippen LogP contribution in [0.15, 0.2) is 52.6 Å². The van der Waals surface area contributed by atoms with Crippen molar-refractivity contribution in [2.45, 2.75) is 44.8 Å². The Labute approximate surface area is 196 Å². The van der Waals surface area contributed by atoms with E-state index in [2.05, 4.69) is 21.2 Å². The monoisotopic (exact) mass is 500 g/mol. The zero-order chi connectivity index (χ0) is 21.8. The van der Waals surface area contributed by atoms with E-state index in [9.17, 15) is 4.79 Å². The van der Waals surface area contributed by atoms with Gasteiger partial charge in [0, 0.05) is 11.6 Å². The smallest absolute Gasteiger partial charge is 0.276 e. The lowest BCUT2D eigenvalue weighted by atomic mass is 9.94. The molecule has 1 N–H and O–H groups in total. The third kappa shape index (κ3) is 4.93. The summed E-state index contributed by atoms with van der Waals surface area (Å²) in [4.78, 5) is 14.8. The minimum Gasteiger partial charge on any atom is -0.496 e. The number of carbonyl (C=O) groups is 1. The molecule has 1 aliphatic carbocycles.